The Kier molecular flexibility index (Phi) is 3.57. The zero-order chi connectivity index (χ0) is 15.8. The Balaban J connectivity index is 1.59. The van der Waals surface area contributed by atoms with E-state index in [1.807, 2.05) is 23.6 Å². The molecule has 120 valence electrons. The van der Waals surface area contributed by atoms with Gasteiger partial charge in [0.05, 0.1) is 5.69 Å². The molecule has 7 nitrogen and oxygen atoms in total. The average Bonchev–Trinajstić information content (AvgIpc) is 3.12. The molecule has 0 radical (unpaired) electrons. The van der Waals surface area contributed by atoms with E-state index in [1.165, 1.54) is 12.8 Å². The van der Waals surface area contributed by atoms with E-state index >= 15 is 0 Å². The lowest BCUT2D eigenvalue weighted by Gasteiger charge is -2.27. The molecular weight excluding hydrogens is 292 g/mol. The summed E-state index contributed by atoms with van der Waals surface area (Å²) in [5.74, 6) is 2.59. The Labute approximate surface area is 134 Å². The van der Waals surface area contributed by atoms with Crippen molar-refractivity contribution >= 4 is 5.78 Å². The number of fused-ring (bicyclic) bond motifs is 1. The Morgan fingerprint density at radius 1 is 1.26 bits per heavy atom. The Morgan fingerprint density at radius 3 is 2.91 bits per heavy atom. The van der Waals surface area contributed by atoms with Crippen molar-refractivity contribution in [3.63, 3.8) is 0 Å². The highest BCUT2D eigenvalue weighted by atomic mass is 16.5. The molecule has 0 N–H and O–H groups in total. The number of imidazole rings is 1. The van der Waals surface area contributed by atoms with Gasteiger partial charge in [0.15, 0.2) is 5.82 Å². The van der Waals surface area contributed by atoms with Crippen LogP contribution in [0.1, 0.15) is 24.4 Å². The maximum atomic E-state index is 5.50. The number of likely N-dealkylation sites (tertiary alicyclic amines) is 1. The van der Waals surface area contributed by atoms with E-state index in [0.717, 1.165) is 36.7 Å². The molecule has 7 heteroatoms. The molecule has 0 saturated carbocycles. The summed E-state index contributed by atoms with van der Waals surface area (Å²) in [5.41, 5.74) is 1.67. The molecule has 1 aliphatic heterocycles. The van der Waals surface area contributed by atoms with Gasteiger partial charge in [-0.05, 0) is 51.9 Å². The third kappa shape index (κ3) is 2.72. The normalized spacial score (nSPS) is 17.1. The summed E-state index contributed by atoms with van der Waals surface area (Å²) in [6.07, 6.45) is 6.91. The lowest BCUT2D eigenvalue weighted by atomic mass is 9.94. The summed E-state index contributed by atoms with van der Waals surface area (Å²) in [6.45, 7) is 4.23. The first-order chi connectivity index (χ1) is 11.2. The van der Waals surface area contributed by atoms with Crippen molar-refractivity contribution in [2.75, 3.05) is 20.1 Å². The fourth-order valence-electron chi connectivity index (χ4n) is 3.21. The number of rotatable bonds is 3. The Hall–Kier alpha value is -2.28. The van der Waals surface area contributed by atoms with Crippen molar-refractivity contribution in [3.8, 4) is 11.6 Å². The molecule has 1 aliphatic rings. The SMILES string of the molecule is Cc1nc2ncccn2c1-c1nc(CC2CCN(C)CC2)no1. The fraction of sp³-hybridized carbons (Fsp3) is 0.500. The molecule has 0 spiro atoms. The number of aromatic nitrogens is 5. The van der Waals surface area contributed by atoms with Crippen LogP contribution in [0.4, 0.5) is 0 Å². The molecule has 0 aliphatic carbocycles. The predicted octanol–water partition coefficient (Wildman–Crippen LogP) is 1.97. The van der Waals surface area contributed by atoms with Crippen LogP contribution in [0.25, 0.3) is 17.4 Å². The second-order valence-corrected chi connectivity index (χ2v) is 6.30. The molecule has 1 saturated heterocycles. The Bertz CT molecular complexity index is 815. The van der Waals surface area contributed by atoms with Crippen molar-refractivity contribution in [2.24, 2.45) is 5.92 Å². The van der Waals surface area contributed by atoms with Crippen molar-refractivity contribution in [1.82, 2.24) is 29.4 Å². The molecule has 1 fully saturated rings. The molecule has 4 heterocycles. The molecule has 3 aromatic heterocycles. The van der Waals surface area contributed by atoms with Gasteiger partial charge in [-0.2, -0.15) is 4.98 Å². The van der Waals surface area contributed by atoms with Crippen molar-refractivity contribution < 1.29 is 4.52 Å². The second kappa shape index (κ2) is 5.73. The number of nitrogens with zero attached hydrogens (tertiary/aromatic N) is 6. The summed E-state index contributed by atoms with van der Waals surface area (Å²) in [7, 11) is 2.17. The van der Waals surface area contributed by atoms with Gasteiger partial charge in [0.1, 0.15) is 5.69 Å². The van der Waals surface area contributed by atoms with Gasteiger partial charge in [-0.15, -0.1) is 0 Å². The zero-order valence-corrected chi connectivity index (χ0v) is 13.4. The summed E-state index contributed by atoms with van der Waals surface area (Å²) in [6, 6.07) is 1.87. The minimum Gasteiger partial charge on any atom is -0.332 e. The third-order valence-electron chi connectivity index (χ3n) is 4.56. The molecule has 23 heavy (non-hydrogen) atoms. The predicted molar refractivity (Wildman–Crippen MR) is 84.9 cm³/mol. The number of aryl methyl sites for hydroxylation is 1. The number of hydrogen-bond acceptors (Lipinski definition) is 6. The van der Waals surface area contributed by atoms with Crippen LogP contribution in [0.15, 0.2) is 23.0 Å². The highest BCUT2D eigenvalue weighted by Gasteiger charge is 2.22. The molecule has 3 aromatic rings. The van der Waals surface area contributed by atoms with E-state index in [2.05, 4.69) is 32.1 Å². The van der Waals surface area contributed by atoms with Crippen LogP contribution in [0.3, 0.4) is 0 Å². The van der Waals surface area contributed by atoms with Gasteiger partial charge in [-0.25, -0.2) is 9.97 Å². The van der Waals surface area contributed by atoms with E-state index in [9.17, 15) is 0 Å². The smallest absolute Gasteiger partial charge is 0.276 e. The minimum atomic E-state index is 0.519. The van der Waals surface area contributed by atoms with E-state index in [0.29, 0.717) is 17.6 Å². The molecular formula is C16H20N6O. The highest BCUT2D eigenvalue weighted by molar-refractivity contribution is 5.57. The highest BCUT2D eigenvalue weighted by Crippen LogP contribution is 2.24. The maximum absolute atomic E-state index is 5.50. The standard InChI is InChI=1S/C16H20N6O/c1-11-14(22-7-3-6-17-16(22)18-11)15-19-13(20-23-15)10-12-4-8-21(2)9-5-12/h3,6-7,12H,4-5,8-10H2,1-2H3. The van der Waals surface area contributed by atoms with Gasteiger partial charge in [-0.3, -0.25) is 4.40 Å². The minimum absolute atomic E-state index is 0.519. The summed E-state index contributed by atoms with van der Waals surface area (Å²) >= 11 is 0. The van der Waals surface area contributed by atoms with Gasteiger partial charge < -0.3 is 9.42 Å². The van der Waals surface area contributed by atoms with Crippen LogP contribution in [-0.2, 0) is 6.42 Å². The molecule has 4 rings (SSSR count). The quantitative estimate of drug-likeness (QED) is 0.736. The van der Waals surface area contributed by atoms with Crippen LogP contribution >= 0.6 is 0 Å². The third-order valence-corrected chi connectivity index (χ3v) is 4.56. The van der Waals surface area contributed by atoms with E-state index in [1.54, 1.807) is 6.20 Å². The Morgan fingerprint density at radius 2 is 2.09 bits per heavy atom. The largest absolute Gasteiger partial charge is 0.332 e. The molecule has 0 aromatic carbocycles. The lowest BCUT2D eigenvalue weighted by Crippen LogP contribution is -2.31. The lowest BCUT2D eigenvalue weighted by molar-refractivity contribution is 0.216. The monoisotopic (exact) mass is 312 g/mol. The first-order valence-corrected chi connectivity index (χ1v) is 8.02. The van der Waals surface area contributed by atoms with Gasteiger partial charge in [0.25, 0.3) is 5.89 Å². The number of piperidine rings is 1. The molecule has 0 amide bonds. The summed E-state index contributed by atoms with van der Waals surface area (Å²) in [4.78, 5) is 15.7. The second-order valence-electron chi connectivity index (χ2n) is 6.30. The first kappa shape index (κ1) is 14.3. The topological polar surface area (TPSA) is 72.3 Å². The van der Waals surface area contributed by atoms with Crippen molar-refractivity contribution in [3.05, 3.63) is 30.0 Å². The van der Waals surface area contributed by atoms with Crippen LogP contribution in [-0.4, -0.2) is 49.5 Å². The summed E-state index contributed by atoms with van der Waals surface area (Å²) in [5, 5.41) is 4.17. The molecule has 0 unspecified atom stereocenters. The zero-order valence-electron chi connectivity index (χ0n) is 13.4. The number of hydrogen-bond donors (Lipinski definition) is 0. The van der Waals surface area contributed by atoms with E-state index < -0.39 is 0 Å². The van der Waals surface area contributed by atoms with Gasteiger partial charge in [-0.1, -0.05) is 5.16 Å². The first-order valence-electron chi connectivity index (χ1n) is 8.02. The van der Waals surface area contributed by atoms with E-state index in [-0.39, 0.29) is 0 Å². The average molecular weight is 312 g/mol. The van der Waals surface area contributed by atoms with Crippen molar-refractivity contribution in [1.29, 1.82) is 0 Å². The van der Waals surface area contributed by atoms with Crippen LogP contribution < -0.4 is 0 Å². The van der Waals surface area contributed by atoms with Gasteiger partial charge in [0, 0.05) is 18.8 Å². The van der Waals surface area contributed by atoms with Gasteiger partial charge in [0.2, 0.25) is 5.78 Å². The summed E-state index contributed by atoms with van der Waals surface area (Å²) < 4.78 is 7.39. The maximum Gasteiger partial charge on any atom is 0.276 e. The van der Waals surface area contributed by atoms with Gasteiger partial charge >= 0.3 is 0 Å². The molecule has 0 bridgehead atoms. The van der Waals surface area contributed by atoms with Crippen molar-refractivity contribution in [2.45, 2.75) is 26.2 Å². The van der Waals surface area contributed by atoms with Crippen LogP contribution in [0.5, 0.6) is 0 Å². The van der Waals surface area contributed by atoms with Crippen LogP contribution in [0, 0.1) is 12.8 Å². The van der Waals surface area contributed by atoms with E-state index in [4.69, 9.17) is 4.52 Å². The fourth-order valence-corrected chi connectivity index (χ4v) is 3.21. The molecule has 0 atom stereocenters. The van der Waals surface area contributed by atoms with Crippen LogP contribution in [0.2, 0.25) is 0 Å².